The number of rotatable bonds is 13. The van der Waals surface area contributed by atoms with Crippen molar-refractivity contribution in [1.82, 2.24) is 36.1 Å². The van der Waals surface area contributed by atoms with Crippen LogP contribution in [0.5, 0.6) is 0 Å². The Kier molecular flexibility index (Phi) is 11.7. The van der Waals surface area contributed by atoms with Gasteiger partial charge >= 0.3 is 0 Å². The van der Waals surface area contributed by atoms with Gasteiger partial charge in [-0.25, -0.2) is 4.98 Å². The number of nitrogens with one attached hydrogen (secondary N) is 4. The van der Waals surface area contributed by atoms with Gasteiger partial charge in [-0.1, -0.05) is 59.8 Å². The molecular formula is C36H53N7O6. The largest absolute Gasteiger partial charge is 0.347 e. The molecule has 2 heterocycles. The van der Waals surface area contributed by atoms with E-state index >= 15 is 0 Å². The third kappa shape index (κ3) is 8.83. The van der Waals surface area contributed by atoms with Crippen molar-refractivity contribution in [1.29, 1.82) is 0 Å². The Labute approximate surface area is 288 Å². The number of ketones is 1. The summed E-state index contributed by atoms with van der Waals surface area (Å²) in [7, 11) is 0. The van der Waals surface area contributed by atoms with Crippen LogP contribution in [0.25, 0.3) is 0 Å². The molecule has 1 aliphatic heterocycles. The van der Waals surface area contributed by atoms with E-state index in [1.807, 2.05) is 27.7 Å². The van der Waals surface area contributed by atoms with Gasteiger partial charge in [-0.05, 0) is 68.1 Å². The zero-order valence-electron chi connectivity index (χ0n) is 29.3. The van der Waals surface area contributed by atoms with Crippen LogP contribution in [0.1, 0.15) is 115 Å². The number of Topliss-reactive ketones (excluding diaryl/α,β-unsaturated/α-hetero) is 1. The summed E-state index contributed by atoms with van der Waals surface area (Å²) in [4.78, 5) is 91.4. The lowest BCUT2D eigenvalue weighted by Crippen LogP contribution is -2.62. The Balaban J connectivity index is 1.36. The molecule has 4 fully saturated rings. The van der Waals surface area contributed by atoms with Gasteiger partial charge in [0.05, 0.1) is 12.2 Å². The van der Waals surface area contributed by atoms with Gasteiger partial charge in [-0.3, -0.25) is 33.8 Å². The standard InChI is InChI=1S/C36H53N7O6/c1-5-10-25(29(44)34(48)39-23-15-16-23)40-33(47)28-24-14-9-13-22(24)20-43(28)35(49)30(36(2,3)4)42-32(46)27(21-11-7-6-8-12-21)41-31(45)26-19-37-17-18-38-26/h17-19,21-25,27-28,30H,5-16,20H2,1-4H3,(H,39,48)(H,40,47)(H,41,45)(H,42,46)/t22-,24-,25-,27?,28-,30+/m0/s1. The van der Waals surface area contributed by atoms with E-state index in [1.54, 1.807) is 4.90 Å². The monoisotopic (exact) mass is 679 g/mol. The predicted octanol–water partition coefficient (Wildman–Crippen LogP) is 2.45. The molecule has 4 N–H and O–H groups in total. The molecule has 0 aromatic carbocycles. The third-order valence-electron chi connectivity index (χ3n) is 10.7. The van der Waals surface area contributed by atoms with E-state index in [4.69, 9.17) is 0 Å². The van der Waals surface area contributed by atoms with Crippen molar-refractivity contribution < 1.29 is 28.8 Å². The van der Waals surface area contributed by atoms with Crippen LogP contribution in [0.15, 0.2) is 18.6 Å². The van der Waals surface area contributed by atoms with E-state index < -0.39 is 59.0 Å². The van der Waals surface area contributed by atoms with Crippen molar-refractivity contribution in [3.05, 3.63) is 24.3 Å². The topological polar surface area (TPSA) is 180 Å². The molecule has 1 aromatic rings. The van der Waals surface area contributed by atoms with Crippen molar-refractivity contribution in [2.45, 2.75) is 135 Å². The highest BCUT2D eigenvalue weighted by atomic mass is 16.2. The molecule has 1 aromatic heterocycles. The lowest BCUT2D eigenvalue weighted by Gasteiger charge is -2.38. The fourth-order valence-corrected chi connectivity index (χ4v) is 7.87. The van der Waals surface area contributed by atoms with Crippen molar-refractivity contribution in [3.8, 4) is 0 Å². The maximum absolute atomic E-state index is 14.6. The number of likely N-dealkylation sites (tertiary alicyclic amines) is 1. The average Bonchev–Trinajstić information content (AvgIpc) is 3.65. The molecule has 3 saturated carbocycles. The van der Waals surface area contributed by atoms with E-state index in [1.165, 1.54) is 18.6 Å². The Morgan fingerprint density at radius 2 is 1.63 bits per heavy atom. The van der Waals surface area contributed by atoms with Crippen LogP contribution in [-0.4, -0.2) is 86.9 Å². The first kappa shape index (κ1) is 36.4. The van der Waals surface area contributed by atoms with E-state index in [9.17, 15) is 28.8 Å². The SMILES string of the molecule is CCC[C@H](NC(=O)[C@@H]1[C@H]2CCC[C@H]2CN1C(=O)[C@@H](NC(=O)C(NC(=O)c1cnccn1)C1CCCCC1)C(C)(C)C)C(=O)C(=O)NC1CC1. The first-order valence-electron chi connectivity index (χ1n) is 18.2. The first-order chi connectivity index (χ1) is 23.4. The number of nitrogens with zero attached hydrogens (tertiary/aromatic N) is 3. The van der Waals surface area contributed by atoms with Crippen LogP contribution in [0, 0.1) is 23.2 Å². The maximum atomic E-state index is 14.6. The van der Waals surface area contributed by atoms with Crippen molar-refractivity contribution in [2.75, 3.05) is 6.54 Å². The Morgan fingerprint density at radius 1 is 0.898 bits per heavy atom. The second kappa shape index (κ2) is 15.8. The summed E-state index contributed by atoms with van der Waals surface area (Å²) < 4.78 is 0. The van der Waals surface area contributed by atoms with Crippen LogP contribution in [-0.2, 0) is 24.0 Å². The molecule has 49 heavy (non-hydrogen) atoms. The van der Waals surface area contributed by atoms with E-state index in [0.717, 1.165) is 64.2 Å². The first-order valence-corrected chi connectivity index (χ1v) is 18.2. The van der Waals surface area contributed by atoms with Gasteiger partial charge in [-0.15, -0.1) is 0 Å². The summed E-state index contributed by atoms with van der Waals surface area (Å²) in [5.41, 5.74) is -0.638. The second-order valence-electron chi connectivity index (χ2n) is 15.5. The Morgan fingerprint density at radius 3 is 2.27 bits per heavy atom. The molecule has 3 aliphatic carbocycles. The van der Waals surface area contributed by atoms with Gasteiger partial charge < -0.3 is 26.2 Å². The molecule has 1 unspecified atom stereocenters. The van der Waals surface area contributed by atoms with Gasteiger partial charge in [0, 0.05) is 25.0 Å². The molecule has 0 spiro atoms. The molecule has 0 radical (unpaired) electrons. The number of aromatic nitrogens is 2. The zero-order chi connectivity index (χ0) is 35.3. The lowest BCUT2D eigenvalue weighted by atomic mass is 9.82. The molecule has 5 rings (SSSR count). The summed E-state index contributed by atoms with van der Waals surface area (Å²) in [5, 5.41) is 11.5. The van der Waals surface area contributed by atoms with Crippen LogP contribution < -0.4 is 21.3 Å². The highest BCUT2D eigenvalue weighted by Gasteiger charge is 2.52. The fraction of sp³-hybridized carbons (Fsp3) is 0.722. The van der Waals surface area contributed by atoms with Gasteiger partial charge in [0.15, 0.2) is 0 Å². The maximum Gasteiger partial charge on any atom is 0.289 e. The van der Waals surface area contributed by atoms with Gasteiger partial charge in [0.1, 0.15) is 23.8 Å². The predicted molar refractivity (Wildman–Crippen MR) is 181 cm³/mol. The summed E-state index contributed by atoms with van der Waals surface area (Å²) >= 11 is 0. The lowest BCUT2D eigenvalue weighted by molar-refractivity contribution is -0.146. The summed E-state index contributed by atoms with van der Waals surface area (Å²) in [6.45, 7) is 7.85. The van der Waals surface area contributed by atoms with Gasteiger partial charge in [-0.2, -0.15) is 0 Å². The molecule has 6 atom stereocenters. The molecule has 1 saturated heterocycles. The van der Waals surface area contributed by atoms with E-state index in [-0.39, 0.29) is 35.4 Å². The smallest absolute Gasteiger partial charge is 0.289 e. The number of carbonyl (C=O) groups excluding carboxylic acids is 6. The van der Waals surface area contributed by atoms with E-state index in [2.05, 4.69) is 31.2 Å². The summed E-state index contributed by atoms with van der Waals surface area (Å²) in [6.07, 6.45) is 13.9. The quantitative estimate of drug-likeness (QED) is 0.230. The number of hydrogen-bond acceptors (Lipinski definition) is 8. The minimum Gasteiger partial charge on any atom is -0.347 e. The Hall–Kier alpha value is -3.90. The minimum absolute atomic E-state index is 0.0132. The number of fused-ring (bicyclic) bond motifs is 1. The van der Waals surface area contributed by atoms with E-state index in [0.29, 0.717) is 19.4 Å². The molecule has 268 valence electrons. The van der Waals surface area contributed by atoms with Crippen LogP contribution >= 0.6 is 0 Å². The summed E-state index contributed by atoms with van der Waals surface area (Å²) in [6, 6.07) is -3.68. The molecule has 4 aliphatic rings. The summed E-state index contributed by atoms with van der Waals surface area (Å²) in [5.74, 6) is -3.20. The average molecular weight is 680 g/mol. The van der Waals surface area contributed by atoms with Crippen molar-refractivity contribution in [2.24, 2.45) is 23.2 Å². The van der Waals surface area contributed by atoms with Crippen LogP contribution in [0.2, 0.25) is 0 Å². The Bertz CT molecular complexity index is 1390. The zero-order valence-corrected chi connectivity index (χ0v) is 29.3. The molecule has 5 amide bonds. The second-order valence-corrected chi connectivity index (χ2v) is 15.5. The van der Waals surface area contributed by atoms with Crippen LogP contribution in [0.3, 0.4) is 0 Å². The van der Waals surface area contributed by atoms with Gasteiger partial charge in [0.25, 0.3) is 11.8 Å². The molecular weight excluding hydrogens is 626 g/mol. The molecule has 0 bridgehead atoms. The number of carbonyl (C=O) groups is 6. The van der Waals surface area contributed by atoms with Gasteiger partial charge in [0.2, 0.25) is 23.5 Å². The van der Waals surface area contributed by atoms with Crippen molar-refractivity contribution >= 4 is 35.3 Å². The molecule has 13 nitrogen and oxygen atoms in total. The minimum atomic E-state index is -0.994. The van der Waals surface area contributed by atoms with Crippen LogP contribution in [0.4, 0.5) is 0 Å². The number of amides is 5. The van der Waals surface area contributed by atoms with Crippen molar-refractivity contribution in [3.63, 3.8) is 0 Å². The highest BCUT2D eigenvalue weighted by Crippen LogP contribution is 2.43. The fourth-order valence-electron chi connectivity index (χ4n) is 7.87. The molecule has 13 heteroatoms. The third-order valence-corrected chi connectivity index (χ3v) is 10.7. The highest BCUT2D eigenvalue weighted by molar-refractivity contribution is 6.38. The number of hydrogen-bond donors (Lipinski definition) is 4. The normalized spacial score (nSPS) is 24.2.